The number of hydrogen-bond acceptors (Lipinski definition) is 5. The van der Waals surface area contributed by atoms with Gasteiger partial charge in [-0.15, -0.1) is 0 Å². The number of hydrogen-bond donors (Lipinski definition) is 2. The van der Waals surface area contributed by atoms with Crippen LogP contribution in [0.3, 0.4) is 0 Å². The first kappa shape index (κ1) is 21.2. The van der Waals surface area contributed by atoms with Crippen molar-refractivity contribution in [2.24, 2.45) is 0 Å². The molecule has 0 unspecified atom stereocenters. The highest BCUT2D eigenvalue weighted by Crippen LogP contribution is 2.37. The first-order valence-corrected chi connectivity index (χ1v) is 11.3. The van der Waals surface area contributed by atoms with Gasteiger partial charge >= 0.3 is 5.97 Å². The van der Waals surface area contributed by atoms with Crippen molar-refractivity contribution in [1.29, 1.82) is 0 Å². The van der Waals surface area contributed by atoms with Gasteiger partial charge in [0, 0.05) is 37.3 Å². The Kier molecular flexibility index (Phi) is 5.78. The first-order valence-electron chi connectivity index (χ1n) is 11.3. The molecule has 2 saturated carbocycles. The zero-order valence-corrected chi connectivity index (χ0v) is 17.9. The van der Waals surface area contributed by atoms with Gasteiger partial charge in [-0.2, -0.15) is 0 Å². The van der Waals surface area contributed by atoms with Crippen molar-refractivity contribution in [1.82, 2.24) is 0 Å². The molecule has 1 saturated heterocycles. The minimum Gasteiger partial charge on any atom is -0.487 e. The number of carbonyl (C=O) groups is 1. The lowest BCUT2D eigenvalue weighted by Crippen LogP contribution is -2.50. The van der Waals surface area contributed by atoms with Gasteiger partial charge in [-0.05, 0) is 55.0 Å². The predicted octanol–water partition coefficient (Wildman–Crippen LogP) is 4.76. The van der Waals surface area contributed by atoms with E-state index in [4.69, 9.17) is 14.2 Å². The van der Waals surface area contributed by atoms with Crippen LogP contribution >= 0.6 is 0 Å². The Morgan fingerprint density at radius 1 is 1.09 bits per heavy atom. The second kappa shape index (κ2) is 8.71. The third-order valence-electron chi connectivity index (χ3n) is 6.31. The van der Waals surface area contributed by atoms with E-state index in [0.717, 1.165) is 36.8 Å². The molecule has 7 heteroatoms. The number of nitrogens with one attached hydrogen (secondary N) is 1. The minimum absolute atomic E-state index is 0.107. The number of aliphatic carboxylic acids is 1. The lowest BCUT2D eigenvalue weighted by molar-refractivity contribution is -0.145. The van der Waals surface area contributed by atoms with Crippen LogP contribution in [-0.2, 0) is 20.9 Å². The van der Waals surface area contributed by atoms with E-state index in [2.05, 4.69) is 5.32 Å². The van der Waals surface area contributed by atoms with Crippen molar-refractivity contribution in [2.75, 3.05) is 18.5 Å². The number of carboxylic acid groups (broad SMARTS) is 1. The van der Waals surface area contributed by atoms with Crippen molar-refractivity contribution in [3.05, 3.63) is 47.8 Å². The average Bonchev–Trinajstić information content (AvgIpc) is 3.71. The van der Waals surface area contributed by atoms with Gasteiger partial charge in [-0.1, -0.05) is 18.2 Å². The highest BCUT2D eigenvalue weighted by atomic mass is 19.1. The lowest BCUT2D eigenvalue weighted by Gasteiger charge is -2.35. The quantitative estimate of drug-likeness (QED) is 0.584. The summed E-state index contributed by atoms with van der Waals surface area (Å²) in [6, 6.07) is 10.7. The molecule has 2 N–H and O–H groups in total. The van der Waals surface area contributed by atoms with E-state index < -0.39 is 11.5 Å². The molecule has 0 bridgehead atoms. The van der Waals surface area contributed by atoms with E-state index in [1.54, 1.807) is 18.2 Å². The summed E-state index contributed by atoms with van der Waals surface area (Å²) in [6.07, 6.45) is 5.11. The van der Waals surface area contributed by atoms with Gasteiger partial charge in [0.15, 0.2) is 11.6 Å². The number of ether oxygens (including phenoxy) is 3. The molecule has 6 nitrogen and oxygen atoms in total. The summed E-state index contributed by atoms with van der Waals surface area (Å²) in [6.45, 7) is 1.13. The van der Waals surface area contributed by atoms with Crippen LogP contribution in [-0.4, -0.2) is 42.0 Å². The SMILES string of the molecule is O=C(O)C1(Nc2ccc(-c3cccc(OC4CC4)c3F)c(COC3CC3)c2)CCOCC1. The topological polar surface area (TPSA) is 77.0 Å². The molecule has 2 aliphatic carbocycles. The molecule has 0 amide bonds. The molecule has 1 heterocycles. The molecule has 0 aromatic heterocycles. The maximum atomic E-state index is 15.3. The fourth-order valence-electron chi connectivity index (χ4n) is 4.06. The molecule has 0 spiro atoms. The Bertz CT molecular complexity index is 996. The van der Waals surface area contributed by atoms with E-state index in [0.29, 0.717) is 43.9 Å². The van der Waals surface area contributed by atoms with Crippen LogP contribution in [0, 0.1) is 5.82 Å². The summed E-state index contributed by atoms with van der Waals surface area (Å²) in [5.74, 6) is -0.996. The van der Waals surface area contributed by atoms with Crippen LogP contribution in [0.15, 0.2) is 36.4 Å². The molecule has 3 fully saturated rings. The van der Waals surface area contributed by atoms with Crippen LogP contribution in [0.4, 0.5) is 10.1 Å². The third kappa shape index (κ3) is 4.59. The Balaban J connectivity index is 1.47. The summed E-state index contributed by atoms with van der Waals surface area (Å²) in [5, 5.41) is 13.1. The number of anilines is 1. The molecule has 2 aromatic rings. The summed E-state index contributed by atoms with van der Waals surface area (Å²) >= 11 is 0. The number of carboxylic acids is 1. The highest BCUT2D eigenvalue weighted by Gasteiger charge is 2.40. The van der Waals surface area contributed by atoms with Crippen molar-refractivity contribution in [3.63, 3.8) is 0 Å². The molecule has 32 heavy (non-hydrogen) atoms. The summed E-state index contributed by atoms with van der Waals surface area (Å²) in [4.78, 5) is 12.0. The van der Waals surface area contributed by atoms with E-state index in [-0.39, 0.29) is 23.8 Å². The van der Waals surface area contributed by atoms with Gasteiger partial charge in [0.25, 0.3) is 0 Å². The van der Waals surface area contributed by atoms with Crippen molar-refractivity contribution in [2.45, 2.75) is 62.9 Å². The number of rotatable bonds is 9. The molecule has 170 valence electrons. The van der Waals surface area contributed by atoms with Gasteiger partial charge in [0.1, 0.15) is 5.54 Å². The first-order chi connectivity index (χ1) is 15.5. The van der Waals surface area contributed by atoms with Crippen LogP contribution in [0.2, 0.25) is 0 Å². The van der Waals surface area contributed by atoms with Gasteiger partial charge in [0.05, 0.1) is 18.8 Å². The molecule has 1 aliphatic heterocycles. The summed E-state index contributed by atoms with van der Waals surface area (Å²) in [5.41, 5.74) is 1.61. The van der Waals surface area contributed by atoms with Crippen LogP contribution in [0.25, 0.3) is 11.1 Å². The molecular formula is C25H28FNO5. The molecule has 0 radical (unpaired) electrons. The predicted molar refractivity (Wildman–Crippen MR) is 117 cm³/mol. The van der Waals surface area contributed by atoms with E-state index >= 15 is 4.39 Å². The van der Waals surface area contributed by atoms with Crippen molar-refractivity contribution < 1.29 is 28.5 Å². The fourth-order valence-corrected chi connectivity index (χ4v) is 4.06. The number of halogens is 1. The van der Waals surface area contributed by atoms with Crippen LogP contribution in [0.1, 0.15) is 44.1 Å². The summed E-state index contributed by atoms with van der Waals surface area (Å²) in [7, 11) is 0. The van der Waals surface area contributed by atoms with Gasteiger partial charge in [0.2, 0.25) is 0 Å². The van der Waals surface area contributed by atoms with E-state index in [1.807, 2.05) is 18.2 Å². The highest BCUT2D eigenvalue weighted by molar-refractivity contribution is 5.83. The zero-order chi connectivity index (χ0) is 22.1. The van der Waals surface area contributed by atoms with Crippen LogP contribution in [0.5, 0.6) is 5.75 Å². The fraction of sp³-hybridized carbons (Fsp3) is 0.480. The maximum Gasteiger partial charge on any atom is 0.329 e. The largest absolute Gasteiger partial charge is 0.487 e. The van der Waals surface area contributed by atoms with E-state index in [1.165, 1.54) is 0 Å². The number of benzene rings is 2. The van der Waals surface area contributed by atoms with Gasteiger partial charge < -0.3 is 24.6 Å². The Hall–Kier alpha value is -2.64. The van der Waals surface area contributed by atoms with Crippen molar-refractivity contribution in [3.8, 4) is 16.9 Å². The maximum absolute atomic E-state index is 15.3. The third-order valence-corrected chi connectivity index (χ3v) is 6.31. The smallest absolute Gasteiger partial charge is 0.329 e. The standard InChI is InChI=1S/C25H28FNO5/c26-23-21(2-1-3-22(23)32-19-7-8-19)20-9-4-17(14-16(20)15-31-18-5-6-18)27-25(24(28)29)10-12-30-13-11-25/h1-4,9,14,18-19,27H,5-8,10-13,15H2,(H,28,29). The second-order valence-corrected chi connectivity index (χ2v) is 8.94. The van der Waals surface area contributed by atoms with E-state index in [9.17, 15) is 9.90 Å². The molecule has 2 aromatic carbocycles. The van der Waals surface area contributed by atoms with Gasteiger partial charge in [-0.25, -0.2) is 9.18 Å². The Morgan fingerprint density at radius 3 is 2.53 bits per heavy atom. The van der Waals surface area contributed by atoms with Crippen molar-refractivity contribution >= 4 is 11.7 Å². The minimum atomic E-state index is -1.07. The monoisotopic (exact) mass is 441 g/mol. The molecule has 3 aliphatic rings. The zero-order valence-electron chi connectivity index (χ0n) is 17.9. The molecule has 5 rings (SSSR count). The summed E-state index contributed by atoms with van der Waals surface area (Å²) < 4.78 is 32.3. The Morgan fingerprint density at radius 2 is 1.84 bits per heavy atom. The molecule has 0 atom stereocenters. The Labute approximate surface area is 186 Å². The molecular weight excluding hydrogens is 413 g/mol. The lowest BCUT2D eigenvalue weighted by atomic mass is 9.89. The average molecular weight is 441 g/mol. The second-order valence-electron chi connectivity index (χ2n) is 8.94. The normalized spacial score (nSPS) is 20.0. The van der Waals surface area contributed by atoms with Gasteiger partial charge in [-0.3, -0.25) is 0 Å². The van der Waals surface area contributed by atoms with Crippen LogP contribution < -0.4 is 10.1 Å².